The second-order valence-electron chi connectivity index (χ2n) is 4.51. The van der Waals surface area contributed by atoms with Gasteiger partial charge < -0.3 is 15.4 Å². The maximum atomic E-state index is 12.2. The number of piperidine rings is 1. The first-order chi connectivity index (χ1) is 9.05. The molecule has 0 saturated carbocycles. The summed E-state index contributed by atoms with van der Waals surface area (Å²) in [6, 6.07) is 0. The van der Waals surface area contributed by atoms with Crippen molar-refractivity contribution in [3.05, 3.63) is 0 Å². The van der Waals surface area contributed by atoms with Crippen molar-refractivity contribution in [3.8, 4) is 0 Å². The molecule has 0 aromatic carbocycles. The van der Waals surface area contributed by atoms with Crippen molar-refractivity contribution in [1.29, 1.82) is 0 Å². The molecule has 1 aliphatic heterocycles. The lowest BCUT2D eigenvalue weighted by Crippen LogP contribution is -2.49. The summed E-state index contributed by atoms with van der Waals surface area (Å²) in [6.45, 7) is 0.420. The Morgan fingerprint density at radius 3 is 1.90 bits per heavy atom. The highest BCUT2D eigenvalue weighted by Gasteiger charge is 2.60. The molecule has 0 aliphatic carbocycles. The van der Waals surface area contributed by atoms with Gasteiger partial charge in [0.1, 0.15) is 0 Å². The Morgan fingerprint density at radius 2 is 1.57 bits per heavy atom. The number of nitrogens with two attached hydrogens (primary N) is 1. The van der Waals surface area contributed by atoms with Crippen LogP contribution in [0.25, 0.3) is 0 Å². The van der Waals surface area contributed by atoms with Gasteiger partial charge in [0.25, 0.3) is 6.10 Å². The monoisotopic (exact) mass is 344 g/mol. The van der Waals surface area contributed by atoms with Crippen LogP contribution in [0, 0.1) is 5.92 Å². The number of nitrogens with zero attached hydrogens (tertiary/aromatic N) is 1. The molecule has 0 atom stereocenters. The lowest BCUT2D eigenvalue weighted by molar-refractivity contribution is -0.308. The van der Waals surface area contributed by atoms with Gasteiger partial charge in [-0.3, -0.25) is 0 Å². The predicted molar refractivity (Wildman–Crippen MR) is 63.0 cm³/mol. The van der Waals surface area contributed by atoms with Gasteiger partial charge in [-0.1, -0.05) is 0 Å². The Balaban J connectivity index is 0.00000400. The van der Waals surface area contributed by atoms with Crippen molar-refractivity contribution in [2.24, 2.45) is 11.7 Å². The molecule has 0 aromatic heterocycles. The number of halogens is 7. The van der Waals surface area contributed by atoms with Crippen molar-refractivity contribution in [3.63, 3.8) is 0 Å². The van der Waals surface area contributed by atoms with Crippen LogP contribution >= 0.6 is 12.4 Å². The molecule has 1 fully saturated rings. The molecule has 126 valence electrons. The molecule has 0 aromatic rings. The van der Waals surface area contributed by atoms with Crippen molar-refractivity contribution in [1.82, 2.24) is 4.90 Å². The van der Waals surface area contributed by atoms with Crippen LogP contribution in [0.3, 0.4) is 0 Å². The van der Waals surface area contributed by atoms with Gasteiger partial charge in [-0.05, 0) is 25.3 Å². The van der Waals surface area contributed by atoms with Crippen LogP contribution in [-0.2, 0) is 4.74 Å². The number of hydrogen-bond acceptors (Lipinski definition) is 3. The van der Waals surface area contributed by atoms with Crippen LogP contribution in [0.15, 0.2) is 0 Å². The van der Waals surface area contributed by atoms with Crippen molar-refractivity contribution in [2.75, 3.05) is 19.6 Å². The number of alkyl halides is 6. The van der Waals surface area contributed by atoms with Crippen LogP contribution in [0.4, 0.5) is 31.1 Å². The topological polar surface area (TPSA) is 55.6 Å². The quantitative estimate of drug-likeness (QED) is 0.784. The summed E-state index contributed by atoms with van der Waals surface area (Å²) in [7, 11) is 0. The standard InChI is InChI=1S/C10H14F6N2O2.ClH/c11-9(12,13)7(10(14,15)16)20-8(19)18-3-1-6(5-17)2-4-18;/h6-7H,1-5,17H2;1H. The van der Waals surface area contributed by atoms with E-state index in [2.05, 4.69) is 4.74 Å². The number of ether oxygens (including phenoxy) is 1. The van der Waals surface area contributed by atoms with E-state index in [0.717, 1.165) is 4.90 Å². The van der Waals surface area contributed by atoms with Crippen LogP contribution in [-0.4, -0.2) is 49.1 Å². The molecule has 2 N–H and O–H groups in total. The van der Waals surface area contributed by atoms with E-state index >= 15 is 0 Å². The number of carbonyl (C=O) groups is 1. The Bertz CT molecular complexity index is 327. The largest absolute Gasteiger partial charge is 0.434 e. The first-order valence-electron chi connectivity index (χ1n) is 5.84. The zero-order valence-electron chi connectivity index (χ0n) is 10.7. The summed E-state index contributed by atoms with van der Waals surface area (Å²) in [5.41, 5.74) is 5.39. The lowest BCUT2D eigenvalue weighted by atomic mass is 9.97. The molecule has 0 spiro atoms. The van der Waals surface area contributed by atoms with Gasteiger partial charge in [0.2, 0.25) is 0 Å². The van der Waals surface area contributed by atoms with Crippen molar-refractivity contribution in [2.45, 2.75) is 31.3 Å². The molecule has 0 unspecified atom stereocenters. The molecule has 1 aliphatic rings. The zero-order valence-corrected chi connectivity index (χ0v) is 11.5. The van der Waals surface area contributed by atoms with Crippen LogP contribution in [0.2, 0.25) is 0 Å². The number of amides is 1. The summed E-state index contributed by atoms with van der Waals surface area (Å²) < 4.78 is 77.0. The molecule has 21 heavy (non-hydrogen) atoms. The van der Waals surface area contributed by atoms with E-state index in [-0.39, 0.29) is 31.4 Å². The maximum Gasteiger partial charge on any atom is 0.434 e. The number of hydrogen-bond donors (Lipinski definition) is 1. The van der Waals surface area contributed by atoms with Crippen LogP contribution in [0.5, 0.6) is 0 Å². The minimum atomic E-state index is -5.69. The number of rotatable bonds is 2. The Labute approximate surface area is 123 Å². The first-order valence-corrected chi connectivity index (χ1v) is 5.84. The molecule has 1 rings (SSSR count). The van der Waals surface area contributed by atoms with E-state index in [1.54, 1.807) is 0 Å². The third-order valence-corrected chi connectivity index (χ3v) is 3.02. The highest BCUT2D eigenvalue weighted by atomic mass is 35.5. The number of carbonyl (C=O) groups excluding carboxylic acids is 1. The second-order valence-corrected chi connectivity index (χ2v) is 4.51. The molecular formula is C10H15ClF6N2O2. The van der Waals surface area contributed by atoms with Crippen molar-refractivity contribution >= 4 is 18.5 Å². The predicted octanol–water partition coefficient (Wildman–Crippen LogP) is 2.71. The SMILES string of the molecule is Cl.NCC1CCN(C(=O)OC(C(F)(F)F)C(F)(F)F)CC1. The minimum absolute atomic E-state index is 0. The zero-order chi connectivity index (χ0) is 15.6. The summed E-state index contributed by atoms with van der Waals surface area (Å²) in [6.07, 6.45) is -16.2. The Hall–Kier alpha value is -0.900. The molecule has 0 radical (unpaired) electrons. The van der Waals surface area contributed by atoms with Gasteiger partial charge in [-0.15, -0.1) is 12.4 Å². The van der Waals surface area contributed by atoms with Gasteiger partial charge in [0.15, 0.2) is 0 Å². The van der Waals surface area contributed by atoms with Gasteiger partial charge in [-0.25, -0.2) is 4.79 Å². The molecular weight excluding hydrogens is 330 g/mol. The van der Waals surface area contributed by atoms with E-state index in [9.17, 15) is 31.1 Å². The third kappa shape index (κ3) is 5.77. The highest BCUT2D eigenvalue weighted by molar-refractivity contribution is 5.85. The summed E-state index contributed by atoms with van der Waals surface area (Å²) >= 11 is 0. The fourth-order valence-electron chi connectivity index (χ4n) is 1.85. The average Bonchev–Trinajstić information content (AvgIpc) is 2.33. The Morgan fingerprint density at radius 1 is 1.14 bits per heavy atom. The third-order valence-electron chi connectivity index (χ3n) is 3.02. The second kappa shape index (κ2) is 7.39. The average molecular weight is 345 g/mol. The van der Waals surface area contributed by atoms with E-state index in [1.165, 1.54) is 0 Å². The van der Waals surface area contributed by atoms with E-state index in [1.807, 2.05) is 0 Å². The summed E-state index contributed by atoms with van der Waals surface area (Å²) in [5.74, 6) is 0.111. The Kier molecular flexibility index (Phi) is 7.07. The number of likely N-dealkylation sites (tertiary alicyclic amines) is 1. The van der Waals surface area contributed by atoms with Crippen LogP contribution in [0.1, 0.15) is 12.8 Å². The van der Waals surface area contributed by atoms with Crippen LogP contribution < -0.4 is 5.73 Å². The lowest BCUT2D eigenvalue weighted by Gasteiger charge is -2.32. The fourth-order valence-corrected chi connectivity index (χ4v) is 1.85. The van der Waals surface area contributed by atoms with Gasteiger partial charge in [-0.2, -0.15) is 26.3 Å². The normalized spacial score (nSPS) is 17.6. The maximum absolute atomic E-state index is 12.2. The van der Waals surface area contributed by atoms with Gasteiger partial charge >= 0.3 is 18.4 Å². The fraction of sp³-hybridized carbons (Fsp3) is 0.900. The van der Waals surface area contributed by atoms with E-state index < -0.39 is 24.5 Å². The molecule has 0 bridgehead atoms. The molecule has 1 heterocycles. The molecule has 11 heteroatoms. The molecule has 4 nitrogen and oxygen atoms in total. The minimum Gasteiger partial charge on any atom is -0.426 e. The summed E-state index contributed by atoms with van der Waals surface area (Å²) in [4.78, 5) is 12.2. The van der Waals surface area contributed by atoms with Gasteiger partial charge in [0.05, 0.1) is 0 Å². The molecule has 1 amide bonds. The molecule has 1 saturated heterocycles. The first kappa shape index (κ1) is 20.1. The van der Waals surface area contributed by atoms with Gasteiger partial charge in [0, 0.05) is 13.1 Å². The summed E-state index contributed by atoms with van der Waals surface area (Å²) in [5, 5.41) is 0. The van der Waals surface area contributed by atoms with Crippen molar-refractivity contribution < 1.29 is 35.9 Å². The smallest absolute Gasteiger partial charge is 0.426 e. The highest BCUT2D eigenvalue weighted by Crippen LogP contribution is 2.36. The van der Waals surface area contributed by atoms with E-state index in [4.69, 9.17) is 5.73 Å². The van der Waals surface area contributed by atoms with E-state index in [0.29, 0.717) is 19.4 Å².